The summed E-state index contributed by atoms with van der Waals surface area (Å²) in [7, 11) is 0. The second-order valence-corrected chi connectivity index (χ2v) is 5.14. The van der Waals surface area contributed by atoms with E-state index in [1.54, 1.807) is 0 Å². The van der Waals surface area contributed by atoms with Gasteiger partial charge in [0.05, 0.1) is 6.61 Å². The number of hydrogen-bond acceptors (Lipinski definition) is 2. The Bertz CT molecular complexity index is 306. The molecule has 2 rings (SSSR count). The van der Waals surface area contributed by atoms with Gasteiger partial charge >= 0.3 is 0 Å². The van der Waals surface area contributed by atoms with Gasteiger partial charge < -0.3 is 10.1 Å². The summed E-state index contributed by atoms with van der Waals surface area (Å²) in [5.41, 5.74) is 1.41. The van der Waals surface area contributed by atoms with Crippen LogP contribution < -0.4 is 5.32 Å². The van der Waals surface area contributed by atoms with Crippen molar-refractivity contribution in [2.24, 2.45) is 0 Å². The maximum atomic E-state index is 5.65. The first-order chi connectivity index (χ1) is 8.95. The van der Waals surface area contributed by atoms with E-state index < -0.39 is 0 Å². The summed E-state index contributed by atoms with van der Waals surface area (Å²) in [5, 5.41) is 3.57. The summed E-state index contributed by atoms with van der Waals surface area (Å²) < 4.78 is 5.65. The van der Waals surface area contributed by atoms with Gasteiger partial charge in [-0.2, -0.15) is 0 Å². The van der Waals surface area contributed by atoms with E-state index in [0.717, 1.165) is 38.6 Å². The van der Waals surface area contributed by atoms with E-state index in [0.29, 0.717) is 0 Å². The van der Waals surface area contributed by atoms with Crippen LogP contribution in [0.25, 0.3) is 0 Å². The molecule has 1 aromatic rings. The average molecular weight is 247 g/mol. The maximum absolute atomic E-state index is 5.65. The number of nitrogens with one attached hydrogen (secondary N) is 1. The second kappa shape index (κ2) is 8.28. The molecule has 1 aliphatic carbocycles. The van der Waals surface area contributed by atoms with Crippen LogP contribution in [0.15, 0.2) is 30.3 Å². The number of hydrogen-bond donors (Lipinski definition) is 1. The SMILES string of the molecule is c1ccc(CCCOCCNC2CCCC2)cc1. The molecule has 0 radical (unpaired) electrons. The largest absolute Gasteiger partial charge is 0.380 e. The smallest absolute Gasteiger partial charge is 0.0591 e. The molecule has 1 N–H and O–H groups in total. The molecule has 0 saturated heterocycles. The molecule has 1 aliphatic rings. The zero-order valence-electron chi connectivity index (χ0n) is 11.2. The number of rotatable bonds is 8. The van der Waals surface area contributed by atoms with Gasteiger partial charge in [0.15, 0.2) is 0 Å². The summed E-state index contributed by atoms with van der Waals surface area (Å²) in [6.45, 7) is 2.74. The van der Waals surface area contributed by atoms with Crippen LogP contribution in [0.1, 0.15) is 37.7 Å². The summed E-state index contributed by atoms with van der Waals surface area (Å²) >= 11 is 0. The highest BCUT2D eigenvalue weighted by Gasteiger charge is 2.12. The van der Waals surface area contributed by atoms with Gasteiger partial charge in [-0.15, -0.1) is 0 Å². The van der Waals surface area contributed by atoms with Crippen LogP contribution in [0.5, 0.6) is 0 Å². The van der Waals surface area contributed by atoms with E-state index in [2.05, 4.69) is 35.6 Å². The van der Waals surface area contributed by atoms with Crippen molar-refractivity contribution in [2.45, 2.75) is 44.6 Å². The van der Waals surface area contributed by atoms with E-state index in [1.165, 1.54) is 31.2 Å². The molecule has 0 aliphatic heterocycles. The zero-order chi connectivity index (χ0) is 12.5. The van der Waals surface area contributed by atoms with Crippen molar-refractivity contribution in [3.63, 3.8) is 0 Å². The number of ether oxygens (including phenoxy) is 1. The van der Waals surface area contributed by atoms with E-state index >= 15 is 0 Å². The molecule has 18 heavy (non-hydrogen) atoms. The molecule has 1 aromatic carbocycles. The van der Waals surface area contributed by atoms with Gasteiger partial charge in [0.1, 0.15) is 0 Å². The Hall–Kier alpha value is -0.860. The van der Waals surface area contributed by atoms with Crippen molar-refractivity contribution < 1.29 is 4.74 Å². The Morgan fingerprint density at radius 2 is 1.83 bits per heavy atom. The van der Waals surface area contributed by atoms with Crippen molar-refractivity contribution in [3.8, 4) is 0 Å². The van der Waals surface area contributed by atoms with Crippen molar-refractivity contribution in [2.75, 3.05) is 19.8 Å². The molecule has 0 heterocycles. The van der Waals surface area contributed by atoms with Crippen LogP contribution in [-0.4, -0.2) is 25.8 Å². The van der Waals surface area contributed by atoms with Crippen molar-refractivity contribution >= 4 is 0 Å². The predicted octanol–water partition coefficient (Wildman–Crippen LogP) is 3.17. The molecule has 0 bridgehead atoms. The van der Waals surface area contributed by atoms with Gasteiger partial charge in [0.25, 0.3) is 0 Å². The van der Waals surface area contributed by atoms with E-state index in [9.17, 15) is 0 Å². The highest BCUT2D eigenvalue weighted by molar-refractivity contribution is 5.14. The highest BCUT2D eigenvalue weighted by Crippen LogP contribution is 2.17. The van der Waals surface area contributed by atoms with Crippen molar-refractivity contribution in [3.05, 3.63) is 35.9 Å². The molecule has 0 atom stereocenters. The summed E-state index contributed by atoms with van der Waals surface area (Å²) in [4.78, 5) is 0. The molecule has 1 fully saturated rings. The molecule has 0 amide bonds. The van der Waals surface area contributed by atoms with Crippen LogP contribution in [0.4, 0.5) is 0 Å². The number of benzene rings is 1. The normalized spacial score (nSPS) is 16.2. The Labute approximate surface area is 111 Å². The zero-order valence-corrected chi connectivity index (χ0v) is 11.2. The Balaban J connectivity index is 1.42. The minimum atomic E-state index is 0.762. The highest BCUT2D eigenvalue weighted by atomic mass is 16.5. The summed E-state index contributed by atoms with van der Waals surface area (Å²) in [6.07, 6.45) is 7.75. The van der Waals surface area contributed by atoms with Gasteiger partial charge in [0, 0.05) is 19.2 Å². The van der Waals surface area contributed by atoms with Gasteiger partial charge in [-0.25, -0.2) is 0 Å². The van der Waals surface area contributed by atoms with Crippen LogP contribution >= 0.6 is 0 Å². The number of aryl methyl sites for hydroxylation is 1. The fourth-order valence-electron chi connectivity index (χ4n) is 2.59. The topological polar surface area (TPSA) is 21.3 Å². The maximum Gasteiger partial charge on any atom is 0.0591 e. The lowest BCUT2D eigenvalue weighted by Gasteiger charge is -2.11. The predicted molar refractivity (Wildman–Crippen MR) is 75.8 cm³/mol. The van der Waals surface area contributed by atoms with E-state index in [-0.39, 0.29) is 0 Å². The third-order valence-electron chi connectivity index (χ3n) is 3.63. The lowest BCUT2D eigenvalue weighted by atomic mass is 10.1. The monoisotopic (exact) mass is 247 g/mol. The van der Waals surface area contributed by atoms with E-state index in [4.69, 9.17) is 4.74 Å². The molecule has 100 valence electrons. The quantitative estimate of drug-likeness (QED) is 0.712. The van der Waals surface area contributed by atoms with Gasteiger partial charge in [-0.1, -0.05) is 43.2 Å². The fourth-order valence-corrected chi connectivity index (χ4v) is 2.59. The van der Waals surface area contributed by atoms with E-state index in [1.807, 2.05) is 0 Å². The first-order valence-electron chi connectivity index (χ1n) is 7.30. The molecule has 0 unspecified atom stereocenters. The van der Waals surface area contributed by atoms with Crippen LogP contribution in [0.3, 0.4) is 0 Å². The van der Waals surface area contributed by atoms with Crippen LogP contribution in [-0.2, 0) is 11.2 Å². The molecular formula is C16H25NO. The Morgan fingerprint density at radius 3 is 2.61 bits per heavy atom. The molecule has 2 nitrogen and oxygen atoms in total. The lowest BCUT2D eigenvalue weighted by Crippen LogP contribution is -2.29. The van der Waals surface area contributed by atoms with Gasteiger partial charge in [-0.05, 0) is 31.2 Å². The first kappa shape index (κ1) is 13.6. The summed E-state index contributed by atoms with van der Waals surface area (Å²) in [5.74, 6) is 0. The Morgan fingerprint density at radius 1 is 1.06 bits per heavy atom. The lowest BCUT2D eigenvalue weighted by molar-refractivity contribution is 0.131. The third-order valence-corrected chi connectivity index (χ3v) is 3.63. The minimum Gasteiger partial charge on any atom is -0.380 e. The molecule has 1 saturated carbocycles. The van der Waals surface area contributed by atoms with Gasteiger partial charge in [0.2, 0.25) is 0 Å². The minimum absolute atomic E-state index is 0.762. The van der Waals surface area contributed by atoms with Crippen molar-refractivity contribution in [1.82, 2.24) is 5.32 Å². The molecular weight excluding hydrogens is 222 g/mol. The van der Waals surface area contributed by atoms with Crippen LogP contribution in [0.2, 0.25) is 0 Å². The molecule has 2 heteroatoms. The first-order valence-corrected chi connectivity index (χ1v) is 7.30. The second-order valence-electron chi connectivity index (χ2n) is 5.14. The van der Waals surface area contributed by atoms with Crippen molar-refractivity contribution in [1.29, 1.82) is 0 Å². The third kappa shape index (κ3) is 5.19. The molecule has 0 spiro atoms. The van der Waals surface area contributed by atoms with Gasteiger partial charge in [-0.3, -0.25) is 0 Å². The Kier molecular flexibility index (Phi) is 6.24. The standard InChI is InChI=1S/C16H25NO/c1-2-7-15(8-3-1)9-6-13-18-14-12-17-16-10-4-5-11-16/h1-3,7-8,16-17H,4-6,9-14H2. The molecule has 0 aromatic heterocycles. The fraction of sp³-hybridized carbons (Fsp3) is 0.625. The summed E-state index contributed by atoms with van der Waals surface area (Å²) in [6, 6.07) is 11.4. The average Bonchev–Trinajstić information content (AvgIpc) is 2.92. The van der Waals surface area contributed by atoms with Crippen LogP contribution in [0, 0.1) is 0 Å².